The Hall–Kier alpha value is -0.120. The molecule has 1 N–H and O–H groups in total. The second-order valence-electron chi connectivity index (χ2n) is 5.24. The minimum Gasteiger partial charge on any atom is -0.380 e. The van der Waals surface area contributed by atoms with E-state index in [2.05, 4.69) is 24.2 Å². The third kappa shape index (κ3) is 2.76. The van der Waals surface area contributed by atoms with E-state index in [-0.39, 0.29) is 0 Å². The topological polar surface area (TPSA) is 24.5 Å². The maximum atomic E-state index is 5.65. The molecule has 2 aliphatic rings. The SMILES string of the molecule is CCCNC1CCOCC1N(C)C1CCC1. The van der Waals surface area contributed by atoms with Crippen LogP contribution < -0.4 is 5.32 Å². The van der Waals surface area contributed by atoms with Crippen molar-refractivity contribution in [3.63, 3.8) is 0 Å². The van der Waals surface area contributed by atoms with Gasteiger partial charge in [-0.1, -0.05) is 13.3 Å². The lowest BCUT2D eigenvalue weighted by Gasteiger charge is -2.45. The van der Waals surface area contributed by atoms with Crippen molar-refractivity contribution in [2.45, 2.75) is 57.2 Å². The van der Waals surface area contributed by atoms with E-state index in [1.807, 2.05) is 0 Å². The minimum atomic E-state index is 0.589. The summed E-state index contributed by atoms with van der Waals surface area (Å²) >= 11 is 0. The van der Waals surface area contributed by atoms with E-state index in [1.54, 1.807) is 0 Å². The van der Waals surface area contributed by atoms with Crippen molar-refractivity contribution in [2.75, 3.05) is 26.8 Å². The van der Waals surface area contributed by atoms with Crippen molar-refractivity contribution >= 4 is 0 Å². The molecule has 0 spiro atoms. The van der Waals surface area contributed by atoms with Gasteiger partial charge in [0, 0.05) is 24.7 Å². The van der Waals surface area contributed by atoms with E-state index in [0.29, 0.717) is 12.1 Å². The Kier molecular flexibility index (Phi) is 4.62. The highest BCUT2D eigenvalue weighted by atomic mass is 16.5. The highest BCUT2D eigenvalue weighted by Crippen LogP contribution is 2.27. The predicted molar refractivity (Wildman–Crippen MR) is 66.7 cm³/mol. The van der Waals surface area contributed by atoms with Crippen molar-refractivity contribution in [3.05, 3.63) is 0 Å². The first-order chi connectivity index (χ1) is 7.83. The summed E-state index contributed by atoms with van der Waals surface area (Å²) in [4.78, 5) is 2.57. The van der Waals surface area contributed by atoms with Crippen LogP contribution in [0.15, 0.2) is 0 Å². The van der Waals surface area contributed by atoms with E-state index in [1.165, 1.54) is 32.1 Å². The monoisotopic (exact) mass is 226 g/mol. The molecule has 0 bridgehead atoms. The zero-order chi connectivity index (χ0) is 11.4. The van der Waals surface area contributed by atoms with Gasteiger partial charge in [0.05, 0.1) is 6.61 Å². The Balaban J connectivity index is 1.86. The summed E-state index contributed by atoms with van der Waals surface area (Å²) in [6.07, 6.45) is 6.57. The molecule has 0 amide bonds. The van der Waals surface area contributed by atoms with Crippen molar-refractivity contribution in [2.24, 2.45) is 0 Å². The number of nitrogens with zero attached hydrogens (tertiary/aromatic N) is 1. The smallest absolute Gasteiger partial charge is 0.0637 e. The van der Waals surface area contributed by atoms with Gasteiger partial charge in [-0.15, -0.1) is 0 Å². The Labute approximate surface area is 99.5 Å². The van der Waals surface area contributed by atoms with E-state index in [9.17, 15) is 0 Å². The van der Waals surface area contributed by atoms with Crippen LogP contribution in [0, 0.1) is 0 Å². The van der Waals surface area contributed by atoms with Crippen LogP contribution >= 0.6 is 0 Å². The van der Waals surface area contributed by atoms with Crippen molar-refractivity contribution < 1.29 is 4.74 Å². The van der Waals surface area contributed by atoms with Gasteiger partial charge < -0.3 is 10.1 Å². The Morgan fingerprint density at radius 1 is 1.31 bits per heavy atom. The maximum Gasteiger partial charge on any atom is 0.0637 e. The molecule has 0 radical (unpaired) electrons. The molecule has 1 heterocycles. The number of nitrogens with one attached hydrogen (secondary N) is 1. The van der Waals surface area contributed by atoms with Gasteiger partial charge in [-0.2, -0.15) is 0 Å². The quantitative estimate of drug-likeness (QED) is 0.771. The molecular weight excluding hydrogens is 200 g/mol. The van der Waals surface area contributed by atoms with Crippen LogP contribution in [-0.2, 0) is 4.74 Å². The fraction of sp³-hybridized carbons (Fsp3) is 1.00. The molecule has 0 aromatic carbocycles. The number of hydrogen-bond acceptors (Lipinski definition) is 3. The number of rotatable bonds is 5. The average molecular weight is 226 g/mol. The van der Waals surface area contributed by atoms with Gasteiger partial charge in [-0.3, -0.25) is 4.90 Å². The van der Waals surface area contributed by atoms with Crippen LogP contribution in [-0.4, -0.2) is 49.8 Å². The third-order valence-corrected chi connectivity index (χ3v) is 4.16. The van der Waals surface area contributed by atoms with Crippen LogP contribution in [0.2, 0.25) is 0 Å². The molecule has 2 atom stereocenters. The second kappa shape index (κ2) is 5.99. The van der Waals surface area contributed by atoms with Crippen LogP contribution in [0.25, 0.3) is 0 Å². The predicted octanol–water partition coefficient (Wildman–Crippen LogP) is 1.63. The largest absolute Gasteiger partial charge is 0.380 e. The van der Waals surface area contributed by atoms with Crippen LogP contribution in [0.4, 0.5) is 0 Å². The normalized spacial score (nSPS) is 31.7. The van der Waals surface area contributed by atoms with Gasteiger partial charge >= 0.3 is 0 Å². The highest BCUT2D eigenvalue weighted by molar-refractivity contribution is 4.91. The minimum absolute atomic E-state index is 0.589. The summed E-state index contributed by atoms with van der Waals surface area (Å²) in [6, 6.07) is 2.04. The maximum absolute atomic E-state index is 5.65. The molecule has 1 aliphatic carbocycles. The number of ether oxygens (including phenoxy) is 1. The molecule has 1 saturated carbocycles. The summed E-state index contributed by atoms with van der Waals surface area (Å²) in [6.45, 7) is 5.21. The first-order valence-corrected chi connectivity index (χ1v) is 6.86. The molecule has 2 fully saturated rings. The number of hydrogen-bond donors (Lipinski definition) is 1. The van der Waals surface area contributed by atoms with Crippen molar-refractivity contribution in [3.8, 4) is 0 Å². The van der Waals surface area contributed by atoms with Crippen LogP contribution in [0.3, 0.4) is 0 Å². The van der Waals surface area contributed by atoms with Gasteiger partial charge in [0.25, 0.3) is 0 Å². The summed E-state index contributed by atoms with van der Waals surface area (Å²) in [5.41, 5.74) is 0. The highest BCUT2D eigenvalue weighted by Gasteiger charge is 2.34. The average Bonchev–Trinajstić information content (AvgIpc) is 2.24. The van der Waals surface area contributed by atoms with Crippen molar-refractivity contribution in [1.29, 1.82) is 0 Å². The van der Waals surface area contributed by atoms with Crippen LogP contribution in [0.5, 0.6) is 0 Å². The lowest BCUT2D eigenvalue weighted by atomic mass is 9.89. The summed E-state index contributed by atoms with van der Waals surface area (Å²) in [5.74, 6) is 0. The van der Waals surface area contributed by atoms with E-state index in [0.717, 1.165) is 25.8 Å². The fourth-order valence-corrected chi connectivity index (χ4v) is 2.76. The zero-order valence-corrected chi connectivity index (χ0v) is 10.7. The standard InChI is InChI=1S/C13H26N2O/c1-3-8-14-12-7-9-16-10-13(12)15(2)11-5-4-6-11/h11-14H,3-10H2,1-2H3. The van der Waals surface area contributed by atoms with Gasteiger partial charge in [0.1, 0.15) is 0 Å². The van der Waals surface area contributed by atoms with E-state index < -0.39 is 0 Å². The second-order valence-corrected chi connectivity index (χ2v) is 5.24. The summed E-state index contributed by atoms with van der Waals surface area (Å²) in [5, 5.41) is 3.68. The van der Waals surface area contributed by atoms with E-state index in [4.69, 9.17) is 4.74 Å². The molecule has 2 unspecified atom stereocenters. The molecule has 3 nitrogen and oxygen atoms in total. The Morgan fingerprint density at radius 3 is 2.75 bits per heavy atom. The third-order valence-electron chi connectivity index (χ3n) is 4.16. The molecule has 1 saturated heterocycles. The van der Waals surface area contributed by atoms with E-state index >= 15 is 0 Å². The fourth-order valence-electron chi connectivity index (χ4n) is 2.76. The molecule has 1 aliphatic heterocycles. The molecule has 0 aromatic heterocycles. The zero-order valence-electron chi connectivity index (χ0n) is 10.7. The molecular formula is C13H26N2O. The van der Waals surface area contributed by atoms with Gasteiger partial charge in [0.2, 0.25) is 0 Å². The van der Waals surface area contributed by atoms with Crippen LogP contribution in [0.1, 0.15) is 39.0 Å². The van der Waals surface area contributed by atoms with Gasteiger partial charge in [0.15, 0.2) is 0 Å². The molecule has 3 heteroatoms. The lowest BCUT2D eigenvalue weighted by molar-refractivity contribution is -0.0213. The molecule has 16 heavy (non-hydrogen) atoms. The summed E-state index contributed by atoms with van der Waals surface area (Å²) in [7, 11) is 2.28. The first kappa shape index (κ1) is 12.3. The number of likely N-dealkylation sites (N-methyl/N-ethyl adjacent to an activating group) is 1. The first-order valence-electron chi connectivity index (χ1n) is 6.86. The Morgan fingerprint density at radius 2 is 2.12 bits per heavy atom. The molecule has 94 valence electrons. The lowest BCUT2D eigenvalue weighted by Crippen LogP contribution is -2.58. The summed E-state index contributed by atoms with van der Waals surface area (Å²) < 4.78 is 5.65. The van der Waals surface area contributed by atoms with Gasteiger partial charge in [-0.05, 0) is 39.3 Å². The molecule has 2 rings (SSSR count). The van der Waals surface area contributed by atoms with Gasteiger partial charge in [-0.25, -0.2) is 0 Å². The molecule has 0 aromatic rings. The van der Waals surface area contributed by atoms with Crippen molar-refractivity contribution in [1.82, 2.24) is 10.2 Å². The Bertz CT molecular complexity index is 206.